The number of carbonyl (C=O) groups is 2. The van der Waals surface area contributed by atoms with E-state index >= 15 is 8.78 Å². The van der Waals surface area contributed by atoms with Crippen LogP contribution in [0.1, 0.15) is 34.3 Å². The molecule has 37 heavy (non-hydrogen) atoms. The van der Waals surface area contributed by atoms with Crippen molar-refractivity contribution in [3.63, 3.8) is 0 Å². The number of carbonyl (C=O) groups excluding carboxylic acids is 2. The van der Waals surface area contributed by atoms with E-state index < -0.39 is 36.7 Å². The molecule has 2 aromatic carbocycles. The van der Waals surface area contributed by atoms with Crippen molar-refractivity contribution < 1.29 is 22.9 Å². The number of fused-ring (bicyclic) bond motifs is 1. The van der Waals surface area contributed by atoms with Crippen LogP contribution in [0.4, 0.5) is 8.78 Å². The second-order valence-electron chi connectivity index (χ2n) is 9.01. The Kier molecular flexibility index (Phi) is 6.40. The number of likely N-dealkylation sites (tertiary alicyclic amines) is 1. The number of piperidine rings is 1. The fraction of sp³-hybridized carbons (Fsp3) is 0.320. The fourth-order valence-electron chi connectivity index (χ4n) is 4.53. The quantitative estimate of drug-likeness (QED) is 0.420. The molecule has 1 atom stereocenters. The molecule has 4 aromatic rings. The molecule has 0 bridgehead atoms. The van der Waals surface area contributed by atoms with Gasteiger partial charge in [-0.25, -0.2) is 8.78 Å². The lowest BCUT2D eigenvalue weighted by Gasteiger charge is -2.36. The lowest BCUT2D eigenvalue weighted by molar-refractivity contribution is -0.144. The van der Waals surface area contributed by atoms with Crippen molar-refractivity contribution in [1.29, 1.82) is 0 Å². The van der Waals surface area contributed by atoms with Crippen LogP contribution in [-0.2, 0) is 11.8 Å². The zero-order chi connectivity index (χ0) is 26.3. The van der Waals surface area contributed by atoms with Crippen LogP contribution in [-0.4, -0.2) is 62.2 Å². The first-order chi connectivity index (χ1) is 17.6. The zero-order valence-electron chi connectivity index (χ0n) is 20.0. The van der Waals surface area contributed by atoms with Crippen molar-refractivity contribution in [3.8, 4) is 11.4 Å². The fourth-order valence-corrected chi connectivity index (χ4v) is 4.72. The van der Waals surface area contributed by atoms with Crippen molar-refractivity contribution >= 4 is 34.3 Å². The summed E-state index contributed by atoms with van der Waals surface area (Å²) in [6.45, 7) is 0.735. The molecule has 1 fully saturated rings. The number of aromatic nitrogens is 4. The van der Waals surface area contributed by atoms with Gasteiger partial charge in [0, 0.05) is 35.1 Å². The van der Waals surface area contributed by atoms with Gasteiger partial charge in [-0.15, -0.1) is 0 Å². The van der Waals surface area contributed by atoms with Crippen LogP contribution in [0.15, 0.2) is 47.0 Å². The van der Waals surface area contributed by atoms with Gasteiger partial charge in [-0.3, -0.25) is 14.3 Å². The number of amides is 2. The van der Waals surface area contributed by atoms with Gasteiger partial charge in [-0.2, -0.15) is 10.1 Å². The summed E-state index contributed by atoms with van der Waals surface area (Å²) in [5.41, 5.74) is 2.63. The highest BCUT2D eigenvalue weighted by molar-refractivity contribution is 6.31. The number of alkyl halides is 2. The van der Waals surface area contributed by atoms with E-state index in [2.05, 4.69) is 20.6 Å². The van der Waals surface area contributed by atoms with Crippen molar-refractivity contribution in [2.75, 3.05) is 19.6 Å². The molecule has 192 valence electrons. The van der Waals surface area contributed by atoms with Crippen molar-refractivity contribution in [2.45, 2.75) is 25.2 Å². The summed E-state index contributed by atoms with van der Waals surface area (Å²) < 4.78 is 37.2. The molecular formula is C25H23ClF2N6O3. The molecule has 3 heterocycles. The molecule has 1 unspecified atom stereocenters. The molecule has 5 rings (SSSR count). The predicted molar refractivity (Wildman–Crippen MR) is 131 cm³/mol. The number of aryl methyl sites for hydroxylation is 2. The number of hydrogen-bond acceptors (Lipinski definition) is 6. The Labute approximate surface area is 215 Å². The Morgan fingerprint density at radius 3 is 2.81 bits per heavy atom. The second-order valence-corrected chi connectivity index (χ2v) is 9.44. The minimum atomic E-state index is -3.29. The third kappa shape index (κ3) is 4.91. The monoisotopic (exact) mass is 528 g/mol. The Hall–Kier alpha value is -3.86. The zero-order valence-corrected chi connectivity index (χ0v) is 20.8. The molecule has 2 amide bonds. The minimum Gasteiger partial charge on any atom is -0.343 e. The Morgan fingerprint density at radius 1 is 1.24 bits per heavy atom. The molecule has 2 aromatic heterocycles. The van der Waals surface area contributed by atoms with Gasteiger partial charge in [-0.1, -0.05) is 35.0 Å². The van der Waals surface area contributed by atoms with Gasteiger partial charge >= 0.3 is 0 Å². The van der Waals surface area contributed by atoms with E-state index in [1.807, 2.05) is 26.1 Å². The molecule has 0 aliphatic carbocycles. The lowest BCUT2D eigenvalue weighted by atomic mass is 9.92. The van der Waals surface area contributed by atoms with Gasteiger partial charge in [0.1, 0.15) is 5.92 Å². The van der Waals surface area contributed by atoms with Gasteiger partial charge in [0.15, 0.2) is 0 Å². The number of hydrogen-bond donors (Lipinski definition) is 1. The summed E-state index contributed by atoms with van der Waals surface area (Å²) in [5.74, 6) is -5.73. The van der Waals surface area contributed by atoms with Gasteiger partial charge < -0.3 is 14.7 Å². The van der Waals surface area contributed by atoms with Crippen molar-refractivity contribution in [3.05, 3.63) is 64.6 Å². The molecule has 9 nitrogen and oxygen atoms in total. The van der Waals surface area contributed by atoms with E-state index in [0.29, 0.717) is 10.6 Å². The van der Waals surface area contributed by atoms with Crippen LogP contribution in [0.2, 0.25) is 5.02 Å². The van der Waals surface area contributed by atoms with Crippen molar-refractivity contribution in [1.82, 2.24) is 30.1 Å². The highest BCUT2D eigenvalue weighted by Gasteiger charge is 2.49. The van der Waals surface area contributed by atoms with Crippen LogP contribution in [0.5, 0.6) is 0 Å². The van der Waals surface area contributed by atoms with E-state index in [1.165, 1.54) is 6.07 Å². The second kappa shape index (κ2) is 9.55. The number of rotatable bonds is 5. The summed E-state index contributed by atoms with van der Waals surface area (Å²) >= 11 is 5.88. The number of nitrogens with zero attached hydrogens (tertiary/aromatic N) is 5. The highest BCUT2D eigenvalue weighted by atomic mass is 35.5. The standard InChI is InChI=1S/C25H23ClF2N6O3/c1-14-18-7-6-15(11-20(18)33(2)31-14)22-30-24(37-32-22)19-8-9-34(13-25(19,27)28)21(35)12-29-23(36)16-4-3-5-17(26)10-16/h3-7,10-11,19H,8-9,12-13H2,1-2H3,(H,29,36). The first-order valence-electron chi connectivity index (χ1n) is 11.6. The summed E-state index contributed by atoms with van der Waals surface area (Å²) in [4.78, 5) is 30.1. The van der Waals surface area contributed by atoms with Crippen molar-refractivity contribution in [2.24, 2.45) is 7.05 Å². The summed E-state index contributed by atoms with van der Waals surface area (Å²) in [7, 11) is 1.82. The van der Waals surface area contributed by atoms with Crippen LogP contribution in [0, 0.1) is 6.92 Å². The highest BCUT2D eigenvalue weighted by Crippen LogP contribution is 2.40. The normalized spacial score (nSPS) is 17.2. The minimum absolute atomic E-state index is 0.0596. The third-order valence-corrected chi connectivity index (χ3v) is 6.71. The van der Waals surface area contributed by atoms with E-state index in [0.717, 1.165) is 21.5 Å². The average Bonchev–Trinajstić information content (AvgIpc) is 3.46. The van der Waals surface area contributed by atoms with Crippen LogP contribution in [0.25, 0.3) is 22.3 Å². The molecule has 0 saturated carbocycles. The number of benzene rings is 2. The van der Waals surface area contributed by atoms with E-state index in [9.17, 15) is 9.59 Å². The SMILES string of the molecule is Cc1nn(C)c2cc(-c3noc(C4CCN(C(=O)CNC(=O)c5cccc(Cl)c5)CC4(F)F)n3)ccc12. The first kappa shape index (κ1) is 24.8. The Bertz CT molecular complexity index is 1500. The maximum atomic E-state index is 15.1. The molecule has 0 radical (unpaired) electrons. The van der Waals surface area contributed by atoms with Gasteiger partial charge in [-0.05, 0) is 37.6 Å². The lowest BCUT2D eigenvalue weighted by Crippen LogP contribution is -2.52. The molecular weight excluding hydrogens is 506 g/mol. The van der Waals surface area contributed by atoms with Crippen LogP contribution < -0.4 is 5.32 Å². The third-order valence-electron chi connectivity index (χ3n) is 6.47. The van der Waals surface area contributed by atoms with E-state index in [4.69, 9.17) is 16.1 Å². The predicted octanol–water partition coefficient (Wildman–Crippen LogP) is 3.97. The molecule has 1 saturated heterocycles. The molecule has 12 heteroatoms. The van der Waals surface area contributed by atoms with E-state index in [1.54, 1.807) is 28.9 Å². The number of halogens is 3. The average molecular weight is 529 g/mol. The first-order valence-corrected chi connectivity index (χ1v) is 12.0. The maximum Gasteiger partial charge on any atom is 0.276 e. The Balaban J connectivity index is 1.24. The van der Waals surface area contributed by atoms with Gasteiger partial charge in [0.2, 0.25) is 17.6 Å². The van der Waals surface area contributed by atoms with E-state index in [-0.39, 0.29) is 30.2 Å². The van der Waals surface area contributed by atoms with Gasteiger partial charge in [0.25, 0.3) is 11.8 Å². The van der Waals surface area contributed by atoms with Gasteiger partial charge in [0.05, 0.1) is 24.3 Å². The summed E-state index contributed by atoms with van der Waals surface area (Å²) in [6, 6.07) is 11.7. The number of nitrogens with one attached hydrogen (secondary N) is 1. The largest absolute Gasteiger partial charge is 0.343 e. The smallest absolute Gasteiger partial charge is 0.276 e. The molecule has 1 aliphatic heterocycles. The summed E-state index contributed by atoms with van der Waals surface area (Å²) in [5, 5.41) is 12.1. The molecule has 0 spiro atoms. The topological polar surface area (TPSA) is 106 Å². The maximum absolute atomic E-state index is 15.1. The molecule has 1 N–H and O–H groups in total. The Morgan fingerprint density at radius 2 is 2.05 bits per heavy atom. The summed E-state index contributed by atoms with van der Waals surface area (Å²) in [6.07, 6.45) is -0.0669. The van der Waals surface area contributed by atoms with Crippen LogP contribution in [0.3, 0.4) is 0 Å². The molecule has 1 aliphatic rings. The van der Waals surface area contributed by atoms with Crippen LogP contribution >= 0.6 is 11.6 Å².